The molecule has 0 radical (unpaired) electrons. The zero-order valence-electron chi connectivity index (χ0n) is 5.19. The van der Waals surface area contributed by atoms with Crippen molar-refractivity contribution in [3.63, 3.8) is 0 Å². The van der Waals surface area contributed by atoms with Crippen molar-refractivity contribution in [1.29, 1.82) is 0 Å². The van der Waals surface area contributed by atoms with Crippen LogP contribution in [0.25, 0.3) is 0 Å². The van der Waals surface area contributed by atoms with Crippen LogP contribution < -0.4 is 4.98 Å². The molecule has 9 heavy (non-hydrogen) atoms. The van der Waals surface area contributed by atoms with Crippen molar-refractivity contribution in [3.8, 4) is 0 Å². The van der Waals surface area contributed by atoms with Crippen LogP contribution in [0.15, 0.2) is 24.3 Å². The minimum absolute atomic E-state index is 0.174. The Labute approximate surface area is 56.4 Å². The zero-order chi connectivity index (χ0) is 6.69. The van der Waals surface area contributed by atoms with Crippen LogP contribution >= 0.6 is 0 Å². The second-order valence-electron chi connectivity index (χ2n) is 1.73. The van der Waals surface area contributed by atoms with Crippen molar-refractivity contribution >= 4 is 16.1 Å². The molecule has 0 aliphatic heterocycles. The van der Waals surface area contributed by atoms with Crippen molar-refractivity contribution < 1.29 is 4.39 Å². The predicted octanol–water partition coefficient (Wildman–Crippen LogP) is 0.518. The molecule has 48 valence electrons. The maximum absolute atomic E-state index is 12.5. The van der Waals surface area contributed by atoms with Gasteiger partial charge in [0.2, 0.25) is 0 Å². The van der Waals surface area contributed by atoms with Crippen LogP contribution in [0.4, 0.5) is 10.1 Å². The van der Waals surface area contributed by atoms with Gasteiger partial charge in [-0.3, -0.25) is 0 Å². The lowest BCUT2D eigenvalue weighted by molar-refractivity contribution is 0.632. The van der Waals surface area contributed by atoms with E-state index >= 15 is 0 Å². The lowest BCUT2D eigenvalue weighted by Crippen LogP contribution is -1.92. The molecule has 0 fully saturated rings. The maximum atomic E-state index is 12.5. The Kier molecular flexibility index (Phi) is 1.84. The fraction of sp³-hybridized carbons (Fsp3) is 0. The molecule has 1 aromatic carbocycles. The van der Waals surface area contributed by atoms with Crippen molar-refractivity contribution in [3.05, 3.63) is 30.1 Å². The highest BCUT2D eigenvalue weighted by molar-refractivity contribution is 6.15. The first-order valence-electron chi connectivity index (χ1n) is 2.77. The average molecular weight is 141 g/mol. The lowest BCUT2D eigenvalue weighted by Gasteiger charge is -1.98. The molecule has 0 amide bonds. The third kappa shape index (κ3) is 1.29. The number of para-hydroxylation sites is 1. The Hall–Kier alpha value is -0.833. The van der Waals surface area contributed by atoms with E-state index in [1.165, 1.54) is 6.07 Å². The van der Waals surface area contributed by atoms with Crippen molar-refractivity contribution in [2.24, 2.45) is 0 Å². The molecule has 0 saturated heterocycles. The van der Waals surface area contributed by atoms with E-state index in [0.29, 0.717) is 5.69 Å². The molecule has 0 heterocycles. The van der Waals surface area contributed by atoms with Gasteiger partial charge in [0.1, 0.15) is 16.2 Å². The lowest BCUT2D eigenvalue weighted by atomic mass is 10.3. The van der Waals surface area contributed by atoms with Gasteiger partial charge in [0.25, 0.3) is 0 Å². The fourth-order valence-corrected chi connectivity index (χ4v) is 1.07. The Bertz CT molecular complexity index is 202. The van der Waals surface area contributed by atoms with Crippen LogP contribution in [-0.4, -0.2) is 10.4 Å². The molecular weight excluding hydrogens is 133 g/mol. The number of hydrogen-bond acceptors (Lipinski definition) is 1. The summed E-state index contributed by atoms with van der Waals surface area (Å²) < 4.78 is 12.5. The van der Waals surface area contributed by atoms with Crippen LogP contribution in [-0.2, 0) is 0 Å². The fourth-order valence-electron chi connectivity index (χ4n) is 0.664. The molecule has 0 bridgehead atoms. The SMILES string of the molecule is Fc1ccccc1N[SiH3]. The molecule has 0 atom stereocenters. The van der Waals surface area contributed by atoms with Crippen molar-refractivity contribution in [1.82, 2.24) is 0 Å². The summed E-state index contributed by atoms with van der Waals surface area (Å²) in [6.07, 6.45) is 0. The van der Waals surface area contributed by atoms with Gasteiger partial charge in [-0.1, -0.05) is 12.1 Å². The van der Waals surface area contributed by atoms with Gasteiger partial charge in [-0.25, -0.2) is 4.39 Å². The molecule has 0 aromatic heterocycles. The Morgan fingerprint density at radius 1 is 1.33 bits per heavy atom. The Morgan fingerprint density at radius 3 is 2.44 bits per heavy atom. The molecule has 0 saturated carbocycles. The van der Waals surface area contributed by atoms with Crippen LogP contribution in [0.1, 0.15) is 0 Å². The summed E-state index contributed by atoms with van der Waals surface area (Å²) in [6, 6.07) is 6.66. The van der Waals surface area contributed by atoms with Gasteiger partial charge < -0.3 is 4.98 Å². The smallest absolute Gasteiger partial charge is 0.145 e. The topological polar surface area (TPSA) is 12.0 Å². The van der Waals surface area contributed by atoms with Gasteiger partial charge in [-0.05, 0) is 12.1 Å². The van der Waals surface area contributed by atoms with Crippen LogP contribution in [0, 0.1) is 5.82 Å². The third-order valence-corrected chi connectivity index (χ3v) is 1.68. The highest BCUT2D eigenvalue weighted by Crippen LogP contribution is 2.09. The second-order valence-corrected chi connectivity index (χ2v) is 2.23. The normalized spacial score (nSPS) is 9.44. The summed E-state index contributed by atoms with van der Waals surface area (Å²) in [5.74, 6) is -0.174. The second kappa shape index (κ2) is 2.64. The summed E-state index contributed by atoms with van der Waals surface area (Å²) in [5, 5.41) is 0. The predicted molar refractivity (Wildman–Crippen MR) is 40.0 cm³/mol. The summed E-state index contributed by atoms with van der Waals surface area (Å²) in [5.41, 5.74) is 0.601. The number of anilines is 1. The minimum atomic E-state index is -0.174. The van der Waals surface area contributed by atoms with E-state index in [9.17, 15) is 4.39 Å². The number of halogens is 1. The number of nitrogens with one attached hydrogen (secondary N) is 1. The zero-order valence-corrected chi connectivity index (χ0v) is 7.19. The molecule has 1 N–H and O–H groups in total. The van der Waals surface area contributed by atoms with Crippen molar-refractivity contribution in [2.45, 2.75) is 0 Å². The van der Waals surface area contributed by atoms with E-state index < -0.39 is 0 Å². The number of rotatable bonds is 1. The van der Waals surface area contributed by atoms with Gasteiger partial charge in [0.05, 0.1) is 5.69 Å². The summed E-state index contributed by atoms with van der Waals surface area (Å²) in [4.78, 5) is 2.86. The first kappa shape index (κ1) is 6.29. The first-order chi connectivity index (χ1) is 4.34. The maximum Gasteiger partial charge on any atom is 0.145 e. The van der Waals surface area contributed by atoms with Gasteiger partial charge in [0.15, 0.2) is 0 Å². The monoisotopic (exact) mass is 141 g/mol. The first-order valence-corrected chi connectivity index (χ1v) is 3.77. The van der Waals surface area contributed by atoms with E-state index in [-0.39, 0.29) is 5.82 Å². The van der Waals surface area contributed by atoms with Crippen molar-refractivity contribution in [2.75, 3.05) is 4.98 Å². The summed E-state index contributed by atoms with van der Waals surface area (Å²) in [6.45, 7) is 0. The minimum Gasteiger partial charge on any atom is -0.416 e. The van der Waals surface area contributed by atoms with E-state index in [2.05, 4.69) is 4.98 Å². The highest BCUT2D eigenvalue weighted by Gasteiger charge is 1.92. The molecule has 0 aliphatic rings. The largest absolute Gasteiger partial charge is 0.416 e. The Morgan fingerprint density at radius 2 is 2.00 bits per heavy atom. The van der Waals surface area contributed by atoms with E-state index in [1.54, 1.807) is 12.1 Å². The highest BCUT2D eigenvalue weighted by atomic mass is 28.2. The van der Waals surface area contributed by atoms with Gasteiger partial charge in [-0.2, -0.15) is 0 Å². The average Bonchev–Trinajstić information content (AvgIpc) is 1.89. The van der Waals surface area contributed by atoms with Crippen LogP contribution in [0.5, 0.6) is 0 Å². The van der Waals surface area contributed by atoms with Gasteiger partial charge in [0, 0.05) is 0 Å². The molecule has 0 spiro atoms. The van der Waals surface area contributed by atoms with E-state index in [1.807, 2.05) is 6.07 Å². The molecule has 3 heteroatoms. The van der Waals surface area contributed by atoms with Crippen LogP contribution in [0.3, 0.4) is 0 Å². The van der Waals surface area contributed by atoms with E-state index in [4.69, 9.17) is 0 Å². The molecule has 1 nitrogen and oxygen atoms in total. The summed E-state index contributed by atoms with van der Waals surface area (Å²) >= 11 is 0. The van der Waals surface area contributed by atoms with Crippen LogP contribution in [0.2, 0.25) is 0 Å². The van der Waals surface area contributed by atoms with E-state index in [0.717, 1.165) is 10.4 Å². The molecule has 1 aromatic rings. The molecule has 1 rings (SSSR count). The molecule has 0 unspecified atom stereocenters. The van der Waals surface area contributed by atoms with Gasteiger partial charge in [-0.15, -0.1) is 0 Å². The molecular formula is C6H8FNSi. The number of benzene rings is 1. The number of hydrogen-bond donors (Lipinski definition) is 1. The Balaban J connectivity index is 3.01. The molecule has 0 aliphatic carbocycles. The quantitative estimate of drug-likeness (QED) is 0.562. The third-order valence-electron chi connectivity index (χ3n) is 1.14. The summed E-state index contributed by atoms with van der Waals surface area (Å²) in [7, 11) is 0.785. The standard InChI is InChI=1S/C6H8FNSi/c7-5-3-1-2-4-6(5)8-9/h1-4,8H,9H3. The van der Waals surface area contributed by atoms with Gasteiger partial charge >= 0.3 is 0 Å².